The highest BCUT2D eigenvalue weighted by molar-refractivity contribution is 5.74. The van der Waals surface area contributed by atoms with Gasteiger partial charge in [-0.3, -0.25) is 15.1 Å². The molecule has 0 fully saturated rings. The van der Waals surface area contributed by atoms with Gasteiger partial charge in [-0.15, -0.1) is 0 Å². The van der Waals surface area contributed by atoms with Crippen LogP contribution in [0.3, 0.4) is 0 Å². The summed E-state index contributed by atoms with van der Waals surface area (Å²) in [5.74, 6) is 0.386. The zero-order chi connectivity index (χ0) is 21.5. The quantitative estimate of drug-likeness (QED) is 0.330. The Labute approximate surface area is 179 Å². The number of benzene rings is 2. The number of nitrogens with zero attached hydrogens (tertiary/aromatic N) is 5. The van der Waals surface area contributed by atoms with Crippen LogP contribution in [-0.2, 0) is 13.1 Å². The summed E-state index contributed by atoms with van der Waals surface area (Å²) in [6.45, 7) is 0.921. The third-order valence-electron chi connectivity index (χ3n) is 4.66. The molecule has 0 amide bonds. The molecule has 1 N–H and O–H groups in total. The molecule has 0 radical (unpaired) electrons. The third-order valence-corrected chi connectivity index (χ3v) is 4.66. The first-order valence-electron chi connectivity index (χ1n) is 9.70. The average Bonchev–Trinajstić information content (AvgIpc) is 2.80. The molecule has 0 bridgehead atoms. The van der Waals surface area contributed by atoms with E-state index < -0.39 is 4.92 Å². The van der Waals surface area contributed by atoms with Crippen LogP contribution in [-0.4, -0.2) is 19.9 Å². The topological polar surface area (TPSA) is 97.1 Å². The molecule has 2 aromatic heterocycles. The number of aromatic nitrogens is 3. The molecule has 4 aromatic rings. The second-order valence-electron chi connectivity index (χ2n) is 6.84. The summed E-state index contributed by atoms with van der Waals surface area (Å²) < 4.78 is 0. The van der Waals surface area contributed by atoms with Crippen molar-refractivity contribution in [2.24, 2.45) is 0 Å². The molecule has 8 heteroatoms. The lowest BCUT2D eigenvalue weighted by molar-refractivity contribution is -0.383. The Morgan fingerprint density at radius 1 is 0.839 bits per heavy atom. The van der Waals surface area contributed by atoms with Gasteiger partial charge in [0.25, 0.3) is 0 Å². The molecule has 154 valence electrons. The Morgan fingerprint density at radius 3 is 1.97 bits per heavy atom. The van der Waals surface area contributed by atoms with E-state index in [-0.39, 0.29) is 17.3 Å². The van der Waals surface area contributed by atoms with Gasteiger partial charge in [0.15, 0.2) is 0 Å². The molecule has 8 nitrogen and oxygen atoms in total. The summed E-state index contributed by atoms with van der Waals surface area (Å²) in [5.41, 5.74) is 2.52. The van der Waals surface area contributed by atoms with Crippen molar-refractivity contribution in [1.29, 1.82) is 0 Å². The number of nitro groups is 1. The van der Waals surface area contributed by atoms with Gasteiger partial charge >= 0.3 is 5.69 Å². The van der Waals surface area contributed by atoms with Crippen molar-refractivity contribution < 1.29 is 4.92 Å². The van der Waals surface area contributed by atoms with Crippen LogP contribution in [0, 0.1) is 10.1 Å². The highest BCUT2D eigenvalue weighted by atomic mass is 16.6. The summed E-state index contributed by atoms with van der Waals surface area (Å²) in [6, 6.07) is 23.0. The number of pyridine rings is 1. The molecular formula is C23H20N6O2. The molecule has 2 aromatic carbocycles. The Hall–Kier alpha value is -4.33. The van der Waals surface area contributed by atoms with E-state index in [0.29, 0.717) is 18.8 Å². The second kappa shape index (κ2) is 9.45. The van der Waals surface area contributed by atoms with Gasteiger partial charge in [0.1, 0.15) is 6.33 Å². The minimum atomic E-state index is -0.443. The van der Waals surface area contributed by atoms with E-state index in [4.69, 9.17) is 0 Å². The summed E-state index contributed by atoms with van der Waals surface area (Å²) in [5, 5.41) is 15.1. The van der Waals surface area contributed by atoms with Gasteiger partial charge < -0.3 is 10.2 Å². The average molecular weight is 412 g/mol. The van der Waals surface area contributed by atoms with Crippen molar-refractivity contribution in [3.05, 3.63) is 113 Å². The van der Waals surface area contributed by atoms with E-state index in [0.717, 1.165) is 11.1 Å². The van der Waals surface area contributed by atoms with Crippen LogP contribution in [0.1, 0.15) is 11.1 Å². The first-order chi connectivity index (χ1) is 15.2. The van der Waals surface area contributed by atoms with Gasteiger partial charge in [0.05, 0.1) is 4.92 Å². The van der Waals surface area contributed by atoms with E-state index in [1.54, 1.807) is 24.5 Å². The molecule has 0 saturated heterocycles. The highest BCUT2D eigenvalue weighted by Gasteiger charge is 2.27. The number of rotatable bonds is 8. The smallest absolute Gasteiger partial charge is 0.342 e. The summed E-state index contributed by atoms with van der Waals surface area (Å²) in [4.78, 5) is 26.0. The lowest BCUT2D eigenvalue weighted by atomic mass is 10.1. The van der Waals surface area contributed by atoms with E-state index >= 15 is 0 Å². The minimum Gasteiger partial charge on any atom is -0.342 e. The zero-order valence-electron chi connectivity index (χ0n) is 16.6. The maximum Gasteiger partial charge on any atom is 0.353 e. The molecule has 0 unspecified atom stereocenters. The first kappa shape index (κ1) is 20.0. The second-order valence-corrected chi connectivity index (χ2v) is 6.84. The van der Waals surface area contributed by atoms with Gasteiger partial charge in [0, 0.05) is 31.2 Å². The van der Waals surface area contributed by atoms with Gasteiger partial charge in [0.2, 0.25) is 11.6 Å². The Morgan fingerprint density at radius 2 is 1.42 bits per heavy atom. The fourth-order valence-corrected chi connectivity index (χ4v) is 3.25. The third kappa shape index (κ3) is 4.99. The van der Waals surface area contributed by atoms with Crippen molar-refractivity contribution in [2.75, 3.05) is 10.2 Å². The predicted octanol–water partition coefficient (Wildman–Crippen LogP) is 4.73. The number of anilines is 3. The van der Waals surface area contributed by atoms with Crippen LogP contribution in [0.2, 0.25) is 0 Å². The highest BCUT2D eigenvalue weighted by Crippen LogP contribution is 2.35. The van der Waals surface area contributed by atoms with E-state index in [1.165, 1.54) is 6.33 Å². The van der Waals surface area contributed by atoms with Crippen LogP contribution in [0.25, 0.3) is 0 Å². The van der Waals surface area contributed by atoms with E-state index in [9.17, 15) is 10.1 Å². The normalized spacial score (nSPS) is 10.5. The van der Waals surface area contributed by atoms with E-state index in [2.05, 4.69) is 20.3 Å². The Balaban J connectivity index is 1.75. The summed E-state index contributed by atoms with van der Waals surface area (Å²) >= 11 is 0. The van der Waals surface area contributed by atoms with Crippen molar-refractivity contribution in [3.8, 4) is 0 Å². The SMILES string of the molecule is O=[N+]([O-])c1c(Nc2ccncc2)ncnc1N(Cc1ccccc1)Cc1ccccc1. The van der Waals surface area contributed by atoms with Gasteiger partial charge in [-0.05, 0) is 23.3 Å². The molecule has 2 heterocycles. The van der Waals surface area contributed by atoms with Crippen molar-refractivity contribution in [2.45, 2.75) is 13.1 Å². The molecule has 0 aliphatic heterocycles. The number of hydrogen-bond donors (Lipinski definition) is 1. The van der Waals surface area contributed by atoms with Crippen LogP contribution >= 0.6 is 0 Å². The number of nitrogens with one attached hydrogen (secondary N) is 1. The monoisotopic (exact) mass is 412 g/mol. The minimum absolute atomic E-state index is 0.132. The molecule has 4 rings (SSSR count). The van der Waals surface area contributed by atoms with Gasteiger partial charge in [-0.25, -0.2) is 9.97 Å². The predicted molar refractivity (Wildman–Crippen MR) is 119 cm³/mol. The Bertz CT molecular complexity index is 1100. The lowest BCUT2D eigenvalue weighted by Crippen LogP contribution is -2.24. The maximum absolute atomic E-state index is 12.1. The van der Waals surface area contributed by atoms with Crippen LogP contribution < -0.4 is 10.2 Å². The molecule has 0 aliphatic carbocycles. The summed E-state index contributed by atoms with van der Waals surface area (Å²) in [7, 11) is 0. The fourth-order valence-electron chi connectivity index (χ4n) is 3.25. The molecule has 0 saturated carbocycles. The van der Waals surface area contributed by atoms with Crippen LogP contribution in [0.4, 0.5) is 23.0 Å². The van der Waals surface area contributed by atoms with Crippen LogP contribution in [0.15, 0.2) is 91.5 Å². The molecule has 0 aliphatic rings. The summed E-state index contributed by atoms with van der Waals surface area (Å²) in [6.07, 6.45) is 4.55. The standard InChI is InChI=1S/C23H20N6O2/c30-29(31)21-22(27-20-11-13-24-14-12-20)25-17-26-23(21)28(15-18-7-3-1-4-8-18)16-19-9-5-2-6-10-19/h1-14,17H,15-16H2,(H,24,25,26,27). The van der Waals surface area contributed by atoms with Gasteiger partial charge in [-0.1, -0.05) is 60.7 Å². The molecule has 31 heavy (non-hydrogen) atoms. The van der Waals surface area contributed by atoms with Crippen LogP contribution in [0.5, 0.6) is 0 Å². The molecule has 0 atom stereocenters. The Kier molecular flexibility index (Phi) is 6.08. The fraction of sp³-hybridized carbons (Fsp3) is 0.0870. The van der Waals surface area contributed by atoms with Crippen molar-refractivity contribution in [3.63, 3.8) is 0 Å². The van der Waals surface area contributed by atoms with Crippen molar-refractivity contribution in [1.82, 2.24) is 15.0 Å². The first-order valence-corrected chi connectivity index (χ1v) is 9.70. The zero-order valence-corrected chi connectivity index (χ0v) is 16.6. The molecule has 0 spiro atoms. The van der Waals surface area contributed by atoms with E-state index in [1.807, 2.05) is 65.6 Å². The van der Waals surface area contributed by atoms with Crippen molar-refractivity contribution >= 4 is 23.0 Å². The largest absolute Gasteiger partial charge is 0.353 e. The maximum atomic E-state index is 12.1. The molecular weight excluding hydrogens is 392 g/mol. The lowest BCUT2D eigenvalue weighted by Gasteiger charge is -2.24. The number of hydrogen-bond acceptors (Lipinski definition) is 7. The van der Waals surface area contributed by atoms with Gasteiger partial charge in [-0.2, -0.15) is 0 Å².